The first kappa shape index (κ1) is 20.2. The van der Waals surface area contributed by atoms with Crippen molar-refractivity contribution < 1.29 is 8.42 Å². The highest BCUT2D eigenvalue weighted by Gasteiger charge is 2.34. The molecule has 1 unspecified atom stereocenters. The second kappa shape index (κ2) is 8.54. The highest BCUT2D eigenvalue weighted by Crippen LogP contribution is 2.26. The van der Waals surface area contributed by atoms with Crippen molar-refractivity contribution >= 4 is 45.6 Å². The minimum Gasteiger partial charge on any atom is -0.314 e. The number of rotatable bonds is 4. The summed E-state index contributed by atoms with van der Waals surface area (Å²) >= 11 is 11.9. The number of nitrogens with one attached hydrogen (secondary N) is 1. The van der Waals surface area contributed by atoms with Gasteiger partial charge in [-0.2, -0.15) is 0 Å². The molecule has 0 aromatic heterocycles. The number of nitrogens with zero attached hydrogens (tertiary/aromatic N) is 2. The van der Waals surface area contributed by atoms with Crippen molar-refractivity contribution in [1.82, 2.24) is 14.5 Å². The summed E-state index contributed by atoms with van der Waals surface area (Å²) in [6, 6.07) is 5.32. The first-order valence-corrected chi connectivity index (χ1v) is 10.2. The van der Waals surface area contributed by atoms with Gasteiger partial charge in [-0.05, 0) is 24.1 Å². The third-order valence-electron chi connectivity index (χ3n) is 4.52. The Morgan fingerprint density at radius 1 is 1.12 bits per heavy atom. The van der Waals surface area contributed by atoms with Crippen LogP contribution in [0.2, 0.25) is 10.0 Å². The van der Waals surface area contributed by atoms with Crippen LogP contribution in [0.25, 0.3) is 0 Å². The van der Waals surface area contributed by atoms with Gasteiger partial charge in [0.05, 0.1) is 15.8 Å². The molecule has 0 bridgehead atoms. The lowest BCUT2D eigenvalue weighted by Gasteiger charge is -2.32. The molecule has 0 amide bonds. The van der Waals surface area contributed by atoms with Crippen LogP contribution in [0, 0.1) is 0 Å². The fraction of sp³-hybridized carbons (Fsp3) is 0.600. The number of hydrogen-bond donors (Lipinski definition) is 1. The minimum atomic E-state index is -3.32. The monoisotopic (exact) mass is 413 g/mol. The van der Waals surface area contributed by atoms with E-state index in [9.17, 15) is 8.42 Å². The van der Waals surface area contributed by atoms with Crippen LogP contribution in [-0.4, -0.2) is 62.9 Å². The van der Waals surface area contributed by atoms with Gasteiger partial charge in [0, 0.05) is 45.3 Å². The van der Waals surface area contributed by atoms with Crippen molar-refractivity contribution in [3.8, 4) is 0 Å². The molecule has 0 saturated carbocycles. The van der Waals surface area contributed by atoms with E-state index in [-0.39, 0.29) is 18.2 Å². The number of sulfonamides is 1. The van der Waals surface area contributed by atoms with E-state index in [2.05, 4.69) is 10.2 Å². The lowest BCUT2D eigenvalue weighted by molar-refractivity contribution is 0.179. The highest BCUT2D eigenvalue weighted by atomic mass is 35.5. The predicted octanol–water partition coefficient (Wildman–Crippen LogP) is 2.22. The number of hydrogen-bond acceptors (Lipinski definition) is 4. The van der Waals surface area contributed by atoms with E-state index in [4.69, 9.17) is 23.2 Å². The zero-order valence-corrected chi connectivity index (χ0v) is 16.4. The second-order valence-electron chi connectivity index (χ2n) is 6.09. The number of piperazine rings is 1. The molecule has 1 aromatic rings. The zero-order valence-electron chi connectivity index (χ0n) is 13.2. The minimum absolute atomic E-state index is 0. The summed E-state index contributed by atoms with van der Waals surface area (Å²) in [6.07, 6.45) is 0.903. The van der Waals surface area contributed by atoms with Gasteiger partial charge in [-0.25, -0.2) is 12.7 Å². The van der Waals surface area contributed by atoms with Gasteiger partial charge < -0.3 is 5.32 Å². The molecule has 0 radical (unpaired) electrons. The first-order valence-electron chi connectivity index (χ1n) is 7.82. The largest absolute Gasteiger partial charge is 0.314 e. The van der Waals surface area contributed by atoms with Gasteiger partial charge in [0.1, 0.15) is 0 Å². The van der Waals surface area contributed by atoms with Crippen molar-refractivity contribution in [1.29, 1.82) is 0 Å². The molecule has 2 aliphatic rings. The van der Waals surface area contributed by atoms with Crippen molar-refractivity contribution in [2.75, 3.05) is 39.3 Å². The molecule has 1 N–H and O–H groups in total. The smallest absolute Gasteiger partial charge is 0.218 e. The molecule has 0 spiro atoms. The molecule has 0 aliphatic carbocycles. The van der Waals surface area contributed by atoms with Crippen molar-refractivity contribution in [2.24, 2.45) is 0 Å². The van der Waals surface area contributed by atoms with Crippen molar-refractivity contribution in [2.45, 2.75) is 18.2 Å². The molecular formula is C15H22Cl3N3O2S. The second-order valence-corrected chi connectivity index (χ2v) is 8.87. The standard InChI is InChI=1S/C15H21Cl2N3O2S.ClH/c16-14-2-1-12(9-15(14)17)11-23(21,22)20-6-3-13(10-20)19-7-4-18-5-8-19;/h1-2,9,13,18H,3-8,10-11H2;1H. The Kier molecular flexibility index (Phi) is 7.20. The molecular weight excluding hydrogens is 393 g/mol. The summed E-state index contributed by atoms with van der Waals surface area (Å²) in [5.74, 6) is -0.0296. The van der Waals surface area contributed by atoms with Gasteiger partial charge in [0.25, 0.3) is 0 Å². The third-order valence-corrected chi connectivity index (χ3v) is 7.08. The van der Waals surface area contributed by atoms with Crippen LogP contribution in [0.4, 0.5) is 0 Å². The summed E-state index contributed by atoms with van der Waals surface area (Å²) in [5.41, 5.74) is 0.671. The molecule has 5 nitrogen and oxygen atoms in total. The molecule has 24 heavy (non-hydrogen) atoms. The fourth-order valence-electron chi connectivity index (χ4n) is 3.24. The van der Waals surface area contributed by atoms with Crippen LogP contribution in [0.3, 0.4) is 0 Å². The maximum Gasteiger partial charge on any atom is 0.218 e. The summed E-state index contributed by atoms with van der Waals surface area (Å²) in [7, 11) is -3.32. The Morgan fingerprint density at radius 2 is 1.83 bits per heavy atom. The van der Waals surface area contributed by atoms with Crippen LogP contribution >= 0.6 is 35.6 Å². The summed E-state index contributed by atoms with van der Waals surface area (Å²) in [4.78, 5) is 2.39. The maximum absolute atomic E-state index is 12.6. The summed E-state index contributed by atoms with van der Waals surface area (Å²) in [6.45, 7) is 5.12. The molecule has 9 heteroatoms. The highest BCUT2D eigenvalue weighted by molar-refractivity contribution is 7.88. The molecule has 3 rings (SSSR count). The van der Waals surface area contributed by atoms with E-state index in [1.165, 1.54) is 0 Å². The summed E-state index contributed by atoms with van der Waals surface area (Å²) < 4.78 is 26.9. The zero-order chi connectivity index (χ0) is 16.4. The summed E-state index contributed by atoms with van der Waals surface area (Å²) in [5, 5.41) is 4.15. The van der Waals surface area contributed by atoms with E-state index in [0.717, 1.165) is 32.6 Å². The van der Waals surface area contributed by atoms with E-state index in [0.29, 0.717) is 34.7 Å². The average molecular weight is 415 g/mol. The topological polar surface area (TPSA) is 52.7 Å². The Bertz CT molecular complexity index is 666. The molecule has 1 aromatic carbocycles. The Morgan fingerprint density at radius 3 is 2.50 bits per heavy atom. The van der Waals surface area contributed by atoms with Gasteiger partial charge in [-0.3, -0.25) is 4.90 Å². The molecule has 1 atom stereocenters. The van der Waals surface area contributed by atoms with E-state index in [1.54, 1.807) is 22.5 Å². The normalized spacial score (nSPS) is 23.2. The van der Waals surface area contributed by atoms with Gasteiger partial charge in [0.15, 0.2) is 0 Å². The first-order chi connectivity index (χ1) is 11.0. The lowest BCUT2D eigenvalue weighted by Crippen LogP contribution is -2.49. The predicted molar refractivity (Wildman–Crippen MR) is 101 cm³/mol. The Labute approximate surface area is 159 Å². The van der Waals surface area contributed by atoms with Crippen LogP contribution < -0.4 is 5.32 Å². The molecule has 2 fully saturated rings. The fourth-order valence-corrected chi connectivity index (χ4v) is 5.13. The van der Waals surface area contributed by atoms with Crippen LogP contribution in [-0.2, 0) is 15.8 Å². The Hall–Kier alpha value is -0.0800. The van der Waals surface area contributed by atoms with E-state index >= 15 is 0 Å². The number of benzene rings is 1. The molecule has 2 aliphatic heterocycles. The molecule has 2 saturated heterocycles. The quantitative estimate of drug-likeness (QED) is 0.821. The van der Waals surface area contributed by atoms with Crippen molar-refractivity contribution in [3.63, 3.8) is 0 Å². The van der Waals surface area contributed by atoms with Crippen LogP contribution in [0.1, 0.15) is 12.0 Å². The van der Waals surface area contributed by atoms with Gasteiger partial charge in [-0.1, -0.05) is 29.3 Å². The van der Waals surface area contributed by atoms with E-state index < -0.39 is 10.0 Å². The van der Waals surface area contributed by atoms with Gasteiger partial charge >= 0.3 is 0 Å². The molecule has 136 valence electrons. The maximum atomic E-state index is 12.6. The van der Waals surface area contributed by atoms with Gasteiger partial charge in [-0.15, -0.1) is 12.4 Å². The SMILES string of the molecule is Cl.O=S(=O)(Cc1ccc(Cl)c(Cl)c1)N1CCC(N2CCNCC2)C1. The lowest BCUT2D eigenvalue weighted by atomic mass is 10.2. The number of halogens is 3. The third kappa shape index (κ3) is 4.75. The van der Waals surface area contributed by atoms with E-state index in [1.807, 2.05) is 0 Å². The van der Waals surface area contributed by atoms with Crippen LogP contribution in [0.5, 0.6) is 0 Å². The van der Waals surface area contributed by atoms with Crippen LogP contribution in [0.15, 0.2) is 18.2 Å². The average Bonchev–Trinajstić information content (AvgIpc) is 3.02. The van der Waals surface area contributed by atoms with Gasteiger partial charge in [0.2, 0.25) is 10.0 Å². The Balaban J connectivity index is 0.00000208. The van der Waals surface area contributed by atoms with Crippen molar-refractivity contribution in [3.05, 3.63) is 33.8 Å². The molecule has 2 heterocycles.